The van der Waals surface area contributed by atoms with E-state index < -0.39 is 6.10 Å². The van der Waals surface area contributed by atoms with Crippen LogP contribution < -0.4 is 19.5 Å². The molecule has 1 amide bonds. The second-order valence-electron chi connectivity index (χ2n) is 6.05. The molecule has 1 aliphatic heterocycles. The minimum atomic E-state index is -0.636. The van der Waals surface area contributed by atoms with E-state index in [4.69, 9.17) is 14.2 Å². The molecule has 0 fully saturated rings. The van der Waals surface area contributed by atoms with Crippen molar-refractivity contribution in [3.8, 4) is 28.5 Å². The van der Waals surface area contributed by atoms with Crippen LogP contribution in [0.5, 0.6) is 17.2 Å². The highest BCUT2D eigenvalue weighted by Gasteiger charge is 2.18. The second-order valence-corrected chi connectivity index (χ2v) is 6.83. The van der Waals surface area contributed by atoms with E-state index in [1.807, 2.05) is 29.0 Å². The molecule has 6 nitrogen and oxygen atoms in total. The number of ether oxygens (including phenoxy) is 3. The Hall–Kier alpha value is -3.06. The van der Waals surface area contributed by atoms with Crippen molar-refractivity contribution in [2.75, 3.05) is 6.79 Å². The highest BCUT2D eigenvalue weighted by molar-refractivity contribution is 7.08. The lowest BCUT2D eigenvalue weighted by molar-refractivity contribution is -0.127. The van der Waals surface area contributed by atoms with Gasteiger partial charge in [-0.3, -0.25) is 9.78 Å². The van der Waals surface area contributed by atoms with E-state index in [-0.39, 0.29) is 12.7 Å². The number of carbonyl (C=O) groups excluding carboxylic acids is 1. The van der Waals surface area contributed by atoms with Gasteiger partial charge in [-0.15, -0.1) is 0 Å². The standard InChI is InChI=1S/C20H18N2O4S/c1-13(26-16-2-3-18-19(9-16)25-12-24-18)20(23)22-10-14-4-6-21-17(8-14)15-5-7-27-11-15/h2-9,11,13H,10,12H2,1H3,(H,22,23). The molecule has 138 valence electrons. The van der Waals surface area contributed by atoms with Crippen molar-refractivity contribution < 1.29 is 19.0 Å². The van der Waals surface area contributed by atoms with E-state index in [9.17, 15) is 4.79 Å². The van der Waals surface area contributed by atoms with Crippen LogP contribution in [-0.4, -0.2) is 23.8 Å². The maximum Gasteiger partial charge on any atom is 0.261 e. The molecule has 0 saturated heterocycles. The average Bonchev–Trinajstić information content (AvgIpc) is 3.37. The van der Waals surface area contributed by atoms with Crippen molar-refractivity contribution in [2.24, 2.45) is 0 Å². The zero-order chi connectivity index (χ0) is 18.6. The van der Waals surface area contributed by atoms with Crippen molar-refractivity contribution in [1.29, 1.82) is 0 Å². The van der Waals surface area contributed by atoms with E-state index in [2.05, 4.69) is 10.3 Å². The molecule has 3 heterocycles. The van der Waals surface area contributed by atoms with Gasteiger partial charge in [0, 0.05) is 29.8 Å². The Kier molecular flexibility index (Phi) is 4.93. The van der Waals surface area contributed by atoms with Gasteiger partial charge in [-0.25, -0.2) is 0 Å². The normalized spacial score (nSPS) is 13.2. The van der Waals surface area contributed by atoms with Gasteiger partial charge >= 0.3 is 0 Å². The number of thiophene rings is 1. The third-order valence-corrected chi connectivity index (χ3v) is 4.82. The molecule has 1 unspecified atom stereocenters. The lowest BCUT2D eigenvalue weighted by Crippen LogP contribution is -2.35. The van der Waals surface area contributed by atoms with Crippen LogP contribution in [-0.2, 0) is 11.3 Å². The van der Waals surface area contributed by atoms with Crippen molar-refractivity contribution >= 4 is 17.2 Å². The summed E-state index contributed by atoms with van der Waals surface area (Å²) in [7, 11) is 0. The molecule has 27 heavy (non-hydrogen) atoms. The first-order valence-electron chi connectivity index (χ1n) is 8.50. The van der Waals surface area contributed by atoms with Crippen LogP contribution in [0.15, 0.2) is 53.4 Å². The van der Waals surface area contributed by atoms with Gasteiger partial charge in [0.05, 0.1) is 5.69 Å². The number of hydrogen-bond acceptors (Lipinski definition) is 6. The van der Waals surface area contributed by atoms with E-state index in [1.54, 1.807) is 42.7 Å². The molecule has 2 aromatic heterocycles. The van der Waals surface area contributed by atoms with Crippen LogP contribution in [0.25, 0.3) is 11.3 Å². The average molecular weight is 382 g/mol. The molecule has 0 spiro atoms. The summed E-state index contributed by atoms with van der Waals surface area (Å²) >= 11 is 1.63. The summed E-state index contributed by atoms with van der Waals surface area (Å²) in [5.41, 5.74) is 2.95. The molecule has 0 aliphatic carbocycles. The van der Waals surface area contributed by atoms with Crippen LogP contribution in [0, 0.1) is 0 Å². The van der Waals surface area contributed by atoms with Crippen LogP contribution >= 0.6 is 11.3 Å². The molecule has 0 radical (unpaired) electrons. The number of carbonyl (C=O) groups is 1. The number of hydrogen-bond donors (Lipinski definition) is 1. The van der Waals surface area contributed by atoms with Crippen LogP contribution in [0.4, 0.5) is 0 Å². The molecule has 1 aliphatic rings. The van der Waals surface area contributed by atoms with Gasteiger partial charge in [0.15, 0.2) is 17.6 Å². The lowest BCUT2D eigenvalue weighted by Gasteiger charge is -2.15. The maximum absolute atomic E-state index is 12.4. The fraction of sp³-hybridized carbons (Fsp3) is 0.200. The number of aromatic nitrogens is 1. The van der Waals surface area contributed by atoms with Crippen LogP contribution in [0.2, 0.25) is 0 Å². The Morgan fingerprint density at radius 2 is 2.15 bits per heavy atom. The van der Waals surface area contributed by atoms with E-state index >= 15 is 0 Å². The van der Waals surface area contributed by atoms with Gasteiger partial charge in [0.25, 0.3) is 5.91 Å². The number of rotatable bonds is 6. The Morgan fingerprint density at radius 1 is 1.26 bits per heavy atom. The Bertz CT molecular complexity index is 943. The maximum atomic E-state index is 12.4. The van der Waals surface area contributed by atoms with Gasteiger partial charge in [0.2, 0.25) is 6.79 Å². The van der Waals surface area contributed by atoms with Crippen LogP contribution in [0.3, 0.4) is 0 Å². The van der Waals surface area contributed by atoms with Crippen molar-refractivity contribution in [2.45, 2.75) is 19.6 Å². The summed E-state index contributed by atoms with van der Waals surface area (Å²) < 4.78 is 16.3. The first-order chi connectivity index (χ1) is 13.2. The first-order valence-corrected chi connectivity index (χ1v) is 9.45. The molecule has 4 rings (SSSR count). The monoisotopic (exact) mass is 382 g/mol. The molecule has 1 N–H and O–H groups in total. The Labute approximate surface area is 160 Å². The minimum absolute atomic E-state index is 0.193. The minimum Gasteiger partial charge on any atom is -0.481 e. The van der Waals surface area contributed by atoms with Gasteiger partial charge in [0.1, 0.15) is 5.75 Å². The molecule has 0 bridgehead atoms. The number of nitrogens with one attached hydrogen (secondary N) is 1. The fourth-order valence-corrected chi connectivity index (χ4v) is 3.34. The van der Waals surface area contributed by atoms with E-state index in [1.165, 1.54) is 0 Å². The van der Waals surface area contributed by atoms with Crippen molar-refractivity contribution in [3.05, 3.63) is 58.9 Å². The molecule has 0 saturated carbocycles. The topological polar surface area (TPSA) is 69.7 Å². The molecular formula is C20H18N2O4S. The summed E-state index contributed by atoms with van der Waals surface area (Å²) in [4.78, 5) is 16.7. The summed E-state index contributed by atoms with van der Waals surface area (Å²) in [5.74, 6) is 1.67. The second kappa shape index (κ2) is 7.67. The molecule has 3 aromatic rings. The van der Waals surface area contributed by atoms with Gasteiger partial charge in [-0.2, -0.15) is 11.3 Å². The summed E-state index contributed by atoms with van der Waals surface area (Å²) in [5, 5.41) is 6.96. The largest absolute Gasteiger partial charge is 0.481 e. The number of benzene rings is 1. The third-order valence-electron chi connectivity index (χ3n) is 4.13. The zero-order valence-corrected chi connectivity index (χ0v) is 15.5. The SMILES string of the molecule is CC(Oc1ccc2c(c1)OCO2)C(=O)NCc1ccnc(-c2ccsc2)c1. The summed E-state index contributed by atoms with van der Waals surface area (Å²) in [6.45, 7) is 2.32. The molecule has 7 heteroatoms. The highest BCUT2D eigenvalue weighted by atomic mass is 32.1. The third kappa shape index (κ3) is 4.03. The zero-order valence-electron chi connectivity index (χ0n) is 14.7. The van der Waals surface area contributed by atoms with Crippen molar-refractivity contribution in [3.63, 3.8) is 0 Å². The predicted octanol–water partition coefficient (Wildman–Crippen LogP) is 3.62. The highest BCUT2D eigenvalue weighted by Crippen LogP contribution is 2.35. The summed E-state index contributed by atoms with van der Waals surface area (Å²) in [6, 6.07) is 11.1. The molecular weight excluding hydrogens is 364 g/mol. The van der Waals surface area contributed by atoms with Gasteiger partial charge < -0.3 is 19.5 Å². The van der Waals surface area contributed by atoms with Gasteiger partial charge in [-0.05, 0) is 48.2 Å². The van der Waals surface area contributed by atoms with Gasteiger partial charge in [-0.1, -0.05) is 0 Å². The Morgan fingerprint density at radius 3 is 3.00 bits per heavy atom. The number of pyridine rings is 1. The smallest absolute Gasteiger partial charge is 0.261 e. The number of amides is 1. The lowest BCUT2D eigenvalue weighted by atomic mass is 10.1. The quantitative estimate of drug-likeness (QED) is 0.705. The van der Waals surface area contributed by atoms with E-state index in [0.717, 1.165) is 16.8 Å². The van der Waals surface area contributed by atoms with E-state index in [0.29, 0.717) is 23.8 Å². The first kappa shape index (κ1) is 17.4. The van der Waals surface area contributed by atoms with Crippen LogP contribution in [0.1, 0.15) is 12.5 Å². The number of nitrogens with zero attached hydrogens (tertiary/aromatic N) is 1. The molecule has 1 aromatic carbocycles. The number of fused-ring (bicyclic) bond motifs is 1. The Balaban J connectivity index is 1.34. The molecule has 1 atom stereocenters. The predicted molar refractivity (Wildman–Crippen MR) is 102 cm³/mol. The fourth-order valence-electron chi connectivity index (χ4n) is 2.69. The van der Waals surface area contributed by atoms with Crippen molar-refractivity contribution in [1.82, 2.24) is 10.3 Å². The summed E-state index contributed by atoms with van der Waals surface area (Å²) in [6.07, 6.45) is 1.12.